The summed E-state index contributed by atoms with van der Waals surface area (Å²) < 4.78 is 0. The van der Waals surface area contributed by atoms with E-state index in [4.69, 9.17) is 5.11 Å². The highest BCUT2D eigenvalue weighted by Crippen LogP contribution is 2.07. The van der Waals surface area contributed by atoms with Crippen LogP contribution in [0.2, 0.25) is 0 Å². The van der Waals surface area contributed by atoms with Gasteiger partial charge in [-0.3, -0.25) is 0 Å². The fourth-order valence-corrected chi connectivity index (χ4v) is 1.17. The highest BCUT2D eigenvalue weighted by atomic mass is 16.4. The van der Waals surface area contributed by atoms with Crippen molar-refractivity contribution in [1.29, 1.82) is 0 Å². The first-order chi connectivity index (χ1) is 7.38. The maximum absolute atomic E-state index is 11.4. The van der Waals surface area contributed by atoms with Crippen molar-refractivity contribution in [3.8, 4) is 0 Å². The van der Waals surface area contributed by atoms with Crippen molar-refractivity contribution in [2.75, 3.05) is 6.54 Å². The Hall–Kier alpha value is -1.26. The average molecular weight is 230 g/mol. The van der Waals surface area contributed by atoms with Crippen molar-refractivity contribution in [2.24, 2.45) is 11.8 Å². The zero-order valence-electron chi connectivity index (χ0n) is 10.4. The van der Waals surface area contributed by atoms with Crippen LogP contribution < -0.4 is 10.6 Å². The number of carboxylic acid groups (broad SMARTS) is 1. The Morgan fingerprint density at radius 1 is 1.25 bits per heavy atom. The second kappa shape index (κ2) is 7.09. The Bertz CT molecular complexity index is 241. The van der Waals surface area contributed by atoms with Crippen molar-refractivity contribution in [3.63, 3.8) is 0 Å². The maximum Gasteiger partial charge on any atom is 0.326 e. The molecule has 0 bridgehead atoms. The molecule has 0 spiro atoms. The van der Waals surface area contributed by atoms with Crippen LogP contribution in [0.5, 0.6) is 0 Å². The molecule has 0 unspecified atom stereocenters. The van der Waals surface area contributed by atoms with Crippen molar-refractivity contribution in [2.45, 2.75) is 40.2 Å². The van der Waals surface area contributed by atoms with Gasteiger partial charge in [-0.15, -0.1) is 0 Å². The van der Waals surface area contributed by atoms with E-state index < -0.39 is 18.0 Å². The molecule has 2 atom stereocenters. The fraction of sp³-hybridized carbons (Fsp3) is 0.818. The van der Waals surface area contributed by atoms with E-state index in [0.29, 0.717) is 18.9 Å². The van der Waals surface area contributed by atoms with Gasteiger partial charge in [0.1, 0.15) is 6.04 Å². The molecule has 0 saturated heterocycles. The summed E-state index contributed by atoms with van der Waals surface area (Å²) in [5.74, 6) is -0.728. The van der Waals surface area contributed by atoms with Crippen molar-refractivity contribution in [3.05, 3.63) is 0 Å². The number of carbonyl (C=O) groups excluding carboxylic acids is 1. The third-order valence-electron chi connectivity index (χ3n) is 2.44. The fourth-order valence-electron chi connectivity index (χ4n) is 1.17. The molecule has 0 fully saturated rings. The van der Waals surface area contributed by atoms with Crippen molar-refractivity contribution < 1.29 is 14.7 Å². The molecule has 94 valence electrons. The zero-order chi connectivity index (χ0) is 12.7. The number of hydrogen-bond acceptors (Lipinski definition) is 2. The van der Waals surface area contributed by atoms with Gasteiger partial charge in [-0.1, -0.05) is 34.1 Å². The smallest absolute Gasteiger partial charge is 0.326 e. The first kappa shape index (κ1) is 14.7. The summed E-state index contributed by atoms with van der Waals surface area (Å²) in [6, 6.07) is -1.24. The van der Waals surface area contributed by atoms with Crippen LogP contribution in [0.25, 0.3) is 0 Å². The average Bonchev–Trinajstić information content (AvgIpc) is 2.21. The minimum absolute atomic E-state index is 0.0812. The summed E-state index contributed by atoms with van der Waals surface area (Å²) >= 11 is 0. The lowest BCUT2D eigenvalue weighted by Crippen LogP contribution is -2.49. The molecule has 0 heterocycles. The van der Waals surface area contributed by atoms with E-state index in [9.17, 15) is 9.59 Å². The van der Waals surface area contributed by atoms with Gasteiger partial charge >= 0.3 is 12.0 Å². The summed E-state index contributed by atoms with van der Waals surface area (Å²) in [6.07, 6.45) is 0.710. The molecule has 0 aromatic carbocycles. The number of carbonyl (C=O) groups is 2. The minimum Gasteiger partial charge on any atom is -0.480 e. The number of aliphatic carboxylic acids is 1. The van der Waals surface area contributed by atoms with Gasteiger partial charge in [-0.25, -0.2) is 9.59 Å². The molecule has 2 amide bonds. The summed E-state index contributed by atoms with van der Waals surface area (Å²) in [5.41, 5.74) is 0. The maximum atomic E-state index is 11.4. The highest BCUT2D eigenvalue weighted by Gasteiger charge is 2.24. The van der Waals surface area contributed by atoms with E-state index in [1.165, 1.54) is 0 Å². The molecule has 0 saturated carbocycles. The molecular weight excluding hydrogens is 208 g/mol. The minimum atomic E-state index is -0.992. The summed E-state index contributed by atoms with van der Waals surface area (Å²) in [4.78, 5) is 22.3. The van der Waals surface area contributed by atoms with Crippen LogP contribution in [0.3, 0.4) is 0 Å². The summed E-state index contributed by atoms with van der Waals surface area (Å²) in [7, 11) is 0. The molecule has 0 aromatic heterocycles. The van der Waals surface area contributed by atoms with E-state index >= 15 is 0 Å². The van der Waals surface area contributed by atoms with Crippen LogP contribution in [-0.4, -0.2) is 29.7 Å². The van der Waals surface area contributed by atoms with Crippen molar-refractivity contribution >= 4 is 12.0 Å². The van der Waals surface area contributed by atoms with E-state index in [2.05, 4.69) is 10.6 Å². The van der Waals surface area contributed by atoms with Crippen LogP contribution >= 0.6 is 0 Å². The number of urea groups is 1. The Labute approximate surface area is 96.6 Å². The van der Waals surface area contributed by atoms with Crippen LogP contribution in [0.15, 0.2) is 0 Å². The summed E-state index contributed by atoms with van der Waals surface area (Å²) in [6.45, 7) is 8.20. The number of rotatable bonds is 6. The van der Waals surface area contributed by atoms with Gasteiger partial charge in [-0.2, -0.15) is 0 Å². The number of amides is 2. The lowest BCUT2D eigenvalue weighted by Gasteiger charge is -2.20. The quantitative estimate of drug-likeness (QED) is 0.646. The highest BCUT2D eigenvalue weighted by molar-refractivity contribution is 5.82. The van der Waals surface area contributed by atoms with E-state index in [0.717, 1.165) is 0 Å². The molecular formula is C11H22N2O3. The lowest BCUT2D eigenvalue weighted by molar-refractivity contribution is -0.140. The molecule has 0 aliphatic carbocycles. The van der Waals surface area contributed by atoms with Gasteiger partial charge in [0.05, 0.1) is 0 Å². The van der Waals surface area contributed by atoms with E-state index in [-0.39, 0.29) is 5.92 Å². The van der Waals surface area contributed by atoms with Gasteiger partial charge in [0.2, 0.25) is 0 Å². The van der Waals surface area contributed by atoms with Gasteiger partial charge in [0.15, 0.2) is 0 Å². The molecule has 0 radical (unpaired) electrons. The molecule has 0 aliphatic heterocycles. The van der Waals surface area contributed by atoms with Crippen LogP contribution in [0.1, 0.15) is 34.1 Å². The molecule has 16 heavy (non-hydrogen) atoms. The van der Waals surface area contributed by atoms with Gasteiger partial charge < -0.3 is 15.7 Å². The van der Waals surface area contributed by atoms with E-state index in [1.54, 1.807) is 0 Å². The second-order valence-electron chi connectivity index (χ2n) is 4.45. The van der Waals surface area contributed by atoms with Crippen LogP contribution in [-0.2, 0) is 4.79 Å². The largest absolute Gasteiger partial charge is 0.480 e. The molecule has 0 rings (SSSR count). The van der Waals surface area contributed by atoms with Crippen molar-refractivity contribution in [1.82, 2.24) is 10.6 Å². The Morgan fingerprint density at radius 2 is 1.81 bits per heavy atom. The SMILES string of the molecule is CC[C@H](C)[C@H](NC(=O)NCC(C)C)C(=O)O. The monoisotopic (exact) mass is 230 g/mol. The van der Waals surface area contributed by atoms with E-state index in [1.807, 2.05) is 27.7 Å². The predicted molar refractivity (Wildman–Crippen MR) is 62.3 cm³/mol. The van der Waals surface area contributed by atoms with Gasteiger partial charge in [0, 0.05) is 6.54 Å². The first-order valence-electron chi connectivity index (χ1n) is 5.65. The number of hydrogen-bond donors (Lipinski definition) is 3. The van der Waals surface area contributed by atoms with Crippen LogP contribution in [0.4, 0.5) is 4.79 Å². The molecule has 5 nitrogen and oxygen atoms in total. The predicted octanol–water partition coefficient (Wildman–Crippen LogP) is 1.44. The second-order valence-corrected chi connectivity index (χ2v) is 4.45. The summed E-state index contributed by atoms with van der Waals surface area (Å²) in [5, 5.41) is 14.1. The Balaban J connectivity index is 4.19. The zero-order valence-corrected chi connectivity index (χ0v) is 10.4. The standard InChI is InChI=1S/C11H22N2O3/c1-5-8(4)9(10(14)15)13-11(16)12-6-7(2)3/h7-9H,5-6H2,1-4H3,(H,14,15)(H2,12,13,16)/t8-,9-/m0/s1. The number of carboxylic acids is 1. The number of nitrogens with one attached hydrogen (secondary N) is 2. The normalized spacial score (nSPS) is 14.3. The third-order valence-corrected chi connectivity index (χ3v) is 2.44. The molecule has 0 aliphatic rings. The Kier molecular flexibility index (Phi) is 6.53. The van der Waals surface area contributed by atoms with Gasteiger partial charge in [0.25, 0.3) is 0 Å². The first-order valence-corrected chi connectivity index (χ1v) is 5.65. The molecule has 5 heteroatoms. The topological polar surface area (TPSA) is 78.4 Å². The van der Waals surface area contributed by atoms with Crippen LogP contribution in [0, 0.1) is 11.8 Å². The lowest BCUT2D eigenvalue weighted by atomic mass is 9.99. The van der Waals surface area contributed by atoms with Gasteiger partial charge in [-0.05, 0) is 11.8 Å². The third kappa shape index (κ3) is 5.58. The molecule has 0 aromatic rings. The Morgan fingerprint density at radius 3 is 2.19 bits per heavy atom. The molecule has 3 N–H and O–H groups in total.